The molecule has 0 bridgehead atoms. The molecule has 6 rings (SSSR count). The summed E-state index contributed by atoms with van der Waals surface area (Å²) in [6.07, 6.45) is 4.98. The van der Waals surface area contributed by atoms with Gasteiger partial charge in [-0.3, -0.25) is 24.6 Å². The van der Waals surface area contributed by atoms with Crippen molar-refractivity contribution in [3.05, 3.63) is 29.3 Å². The van der Waals surface area contributed by atoms with Crippen LogP contribution in [0.5, 0.6) is 5.75 Å². The van der Waals surface area contributed by atoms with Crippen LogP contribution in [-0.4, -0.2) is 78.2 Å². The van der Waals surface area contributed by atoms with Gasteiger partial charge >= 0.3 is 0 Å². The maximum Gasteiger partial charge on any atom is 0.255 e. The van der Waals surface area contributed by atoms with Gasteiger partial charge in [-0.2, -0.15) is 0 Å². The third-order valence-corrected chi connectivity index (χ3v) is 8.80. The van der Waals surface area contributed by atoms with Crippen LogP contribution in [0, 0.1) is 11.8 Å². The van der Waals surface area contributed by atoms with E-state index in [0.717, 1.165) is 50.1 Å². The lowest BCUT2D eigenvalue weighted by molar-refractivity contribution is -0.136. The molecule has 4 aliphatic heterocycles. The number of halogens is 1. The van der Waals surface area contributed by atoms with Crippen molar-refractivity contribution in [1.82, 2.24) is 15.1 Å². The number of carbonyl (C=O) groups is 3. The molecule has 8 nitrogen and oxygen atoms in total. The minimum absolute atomic E-state index is 0.0666. The van der Waals surface area contributed by atoms with Gasteiger partial charge in [-0.25, -0.2) is 4.39 Å². The fraction of sp³-hybridized carbons (Fsp3) is 0.667. The molecule has 3 amide bonds. The number of amides is 3. The Bertz CT molecular complexity index is 1040. The second-order valence-electron chi connectivity index (χ2n) is 11.0. The van der Waals surface area contributed by atoms with Gasteiger partial charge in [-0.1, -0.05) is 6.42 Å². The monoisotopic (exact) mass is 499 g/mol. The Morgan fingerprint density at radius 1 is 1.06 bits per heavy atom. The van der Waals surface area contributed by atoms with Crippen LogP contribution in [-0.2, 0) is 20.9 Å². The van der Waals surface area contributed by atoms with Crippen LogP contribution in [0.2, 0.25) is 0 Å². The minimum Gasteiger partial charge on any atom is -0.489 e. The van der Waals surface area contributed by atoms with Crippen molar-refractivity contribution in [3.63, 3.8) is 0 Å². The third kappa shape index (κ3) is 4.41. The van der Waals surface area contributed by atoms with Gasteiger partial charge in [0.25, 0.3) is 5.91 Å². The molecule has 5 atom stereocenters. The SMILES string of the molecule is O=C1CCC(N2Cc3cc(O[C@@H]4CCCC[C@H]4N4CC(C5CCOC[C@@H]5F)C4)ccc3C2=O)C(=O)N1. The zero-order valence-electron chi connectivity index (χ0n) is 20.5. The molecule has 36 heavy (non-hydrogen) atoms. The zero-order chi connectivity index (χ0) is 24.8. The summed E-state index contributed by atoms with van der Waals surface area (Å²) in [6.45, 7) is 3.09. The fourth-order valence-corrected chi connectivity index (χ4v) is 6.77. The highest BCUT2D eigenvalue weighted by Crippen LogP contribution is 2.38. The second kappa shape index (κ2) is 9.74. The summed E-state index contributed by atoms with van der Waals surface area (Å²) in [6, 6.07) is 5.28. The van der Waals surface area contributed by atoms with Gasteiger partial charge < -0.3 is 14.4 Å². The number of piperidine rings is 1. The Balaban J connectivity index is 1.10. The Hall–Kier alpha value is -2.52. The van der Waals surface area contributed by atoms with Gasteiger partial charge in [0.15, 0.2) is 0 Å². The molecule has 1 saturated carbocycles. The Labute approximate surface area is 210 Å². The van der Waals surface area contributed by atoms with Gasteiger partial charge in [0.1, 0.15) is 24.1 Å². The highest BCUT2D eigenvalue weighted by molar-refractivity contribution is 6.05. The summed E-state index contributed by atoms with van der Waals surface area (Å²) < 4.78 is 26.1. The number of hydrogen-bond donors (Lipinski definition) is 1. The van der Waals surface area contributed by atoms with Gasteiger partial charge in [0, 0.05) is 44.3 Å². The van der Waals surface area contributed by atoms with Gasteiger partial charge in [-0.15, -0.1) is 0 Å². The highest BCUT2D eigenvalue weighted by Gasteiger charge is 2.44. The number of rotatable bonds is 5. The first-order valence-corrected chi connectivity index (χ1v) is 13.4. The molecule has 0 spiro atoms. The first kappa shape index (κ1) is 23.9. The predicted molar refractivity (Wildman–Crippen MR) is 128 cm³/mol. The average Bonchev–Trinajstić information content (AvgIpc) is 3.16. The predicted octanol–water partition coefficient (Wildman–Crippen LogP) is 2.44. The van der Waals surface area contributed by atoms with Crippen molar-refractivity contribution in [1.29, 1.82) is 0 Å². The highest BCUT2D eigenvalue weighted by atomic mass is 19.1. The molecule has 9 heteroatoms. The molecule has 2 unspecified atom stereocenters. The second-order valence-corrected chi connectivity index (χ2v) is 11.0. The molecule has 5 aliphatic rings. The number of imide groups is 1. The summed E-state index contributed by atoms with van der Waals surface area (Å²) >= 11 is 0. The van der Waals surface area contributed by atoms with Gasteiger partial charge in [0.2, 0.25) is 11.8 Å². The maximum absolute atomic E-state index is 14.3. The van der Waals surface area contributed by atoms with E-state index < -0.39 is 18.1 Å². The van der Waals surface area contributed by atoms with Crippen molar-refractivity contribution in [3.8, 4) is 5.75 Å². The number of likely N-dealkylation sites (tertiary alicyclic amines) is 1. The summed E-state index contributed by atoms with van der Waals surface area (Å²) in [5.41, 5.74) is 1.45. The van der Waals surface area contributed by atoms with E-state index >= 15 is 0 Å². The number of nitrogens with zero attached hydrogens (tertiary/aromatic N) is 2. The number of benzene rings is 1. The first-order chi connectivity index (χ1) is 17.5. The summed E-state index contributed by atoms with van der Waals surface area (Å²) in [5.74, 6) is 0.391. The lowest BCUT2D eigenvalue weighted by Gasteiger charge is -2.51. The fourth-order valence-electron chi connectivity index (χ4n) is 6.77. The minimum atomic E-state index is -0.849. The van der Waals surface area contributed by atoms with E-state index in [0.29, 0.717) is 37.1 Å². The Morgan fingerprint density at radius 2 is 1.89 bits per heavy atom. The van der Waals surface area contributed by atoms with Crippen LogP contribution >= 0.6 is 0 Å². The van der Waals surface area contributed by atoms with Crippen molar-refractivity contribution in [2.45, 2.75) is 75.8 Å². The van der Waals surface area contributed by atoms with Crippen LogP contribution < -0.4 is 10.1 Å². The van der Waals surface area contributed by atoms with Crippen LogP contribution in [0.1, 0.15) is 60.9 Å². The molecule has 3 saturated heterocycles. The Kier molecular flexibility index (Phi) is 6.46. The van der Waals surface area contributed by atoms with E-state index in [1.165, 1.54) is 6.42 Å². The molecule has 4 heterocycles. The van der Waals surface area contributed by atoms with Gasteiger partial charge in [0.05, 0.1) is 6.61 Å². The molecule has 1 N–H and O–H groups in total. The number of fused-ring (bicyclic) bond motifs is 1. The molecular formula is C27H34FN3O5. The average molecular weight is 500 g/mol. The van der Waals surface area contributed by atoms with Crippen molar-refractivity contribution in [2.24, 2.45) is 11.8 Å². The standard InChI is InChI=1S/C27H34FN3O5/c28-21-15-35-10-9-19(21)17-12-30(13-17)22-3-1-2-4-24(22)36-18-5-6-20-16(11-18)14-31(27(20)34)23-7-8-25(32)29-26(23)33/h5-6,11,17,19,21-24H,1-4,7-10,12-15H2,(H,29,32,33)/t19?,21-,22+,23?,24+/m0/s1. The van der Waals surface area contributed by atoms with Crippen LogP contribution in [0.15, 0.2) is 18.2 Å². The largest absolute Gasteiger partial charge is 0.489 e. The van der Waals surface area contributed by atoms with Crippen LogP contribution in [0.4, 0.5) is 4.39 Å². The maximum atomic E-state index is 14.3. The van der Waals surface area contributed by atoms with Gasteiger partial charge in [-0.05, 0) is 67.7 Å². The van der Waals surface area contributed by atoms with Crippen LogP contribution in [0.25, 0.3) is 0 Å². The lowest BCUT2D eigenvalue weighted by Crippen LogP contribution is -2.60. The molecule has 1 aromatic carbocycles. The third-order valence-electron chi connectivity index (χ3n) is 8.80. The number of carbonyl (C=O) groups excluding carboxylic acids is 3. The molecule has 1 aliphatic carbocycles. The summed E-state index contributed by atoms with van der Waals surface area (Å²) in [5, 5.41) is 2.34. The number of alkyl halides is 1. The zero-order valence-corrected chi connectivity index (χ0v) is 20.5. The molecule has 0 aromatic heterocycles. The van der Waals surface area contributed by atoms with Crippen molar-refractivity contribution >= 4 is 17.7 Å². The summed E-state index contributed by atoms with van der Waals surface area (Å²) in [7, 11) is 0. The quantitative estimate of drug-likeness (QED) is 0.627. The van der Waals surface area contributed by atoms with Crippen LogP contribution in [0.3, 0.4) is 0 Å². The smallest absolute Gasteiger partial charge is 0.255 e. The first-order valence-electron chi connectivity index (χ1n) is 13.4. The normalized spacial score (nSPS) is 33.8. The van der Waals surface area contributed by atoms with E-state index in [1.807, 2.05) is 12.1 Å². The topological polar surface area (TPSA) is 88.2 Å². The number of ether oxygens (including phenoxy) is 2. The Morgan fingerprint density at radius 3 is 2.69 bits per heavy atom. The van der Waals surface area contributed by atoms with E-state index in [-0.39, 0.29) is 36.9 Å². The lowest BCUT2D eigenvalue weighted by atomic mass is 9.77. The number of hydrogen-bond acceptors (Lipinski definition) is 6. The summed E-state index contributed by atoms with van der Waals surface area (Å²) in [4.78, 5) is 40.8. The molecule has 194 valence electrons. The number of nitrogens with one attached hydrogen (secondary N) is 1. The molecule has 0 radical (unpaired) electrons. The molecular weight excluding hydrogens is 465 g/mol. The molecule has 4 fully saturated rings. The van der Waals surface area contributed by atoms with Crippen molar-refractivity contribution < 1.29 is 28.2 Å². The molecule has 1 aromatic rings. The van der Waals surface area contributed by atoms with E-state index in [4.69, 9.17) is 9.47 Å². The van der Waals surface area contributed by atoms with Crippen molar-refractivity contribution in [2.75, 3.05) is 26.3 Å². The van der Waals surface area contributed by atoms with E-state index in [2.05, 4.69) is 10.2 Å². The van der Waals surface area contributed by atoms with E-state index in [1.54, 1.807) is 11.0 Å². The van der Waals surface area contributed by atoms with E-state index in [9.17, 15) is 18.8 Å².